The summed E-state index contributed by atoms with van der Waals surface area (Å²) < 4.78 is 71.7. The van der Waals surface area contributed by atoms with Gasteiger partial charge >= 0.3 is 12.4 Å². The molecule has 5 rings (SSSR count). The Morgan fingerprint density at radius 2 is 1.98 bits per heavy atom. The van der Waals surface area contributed by atoms with E-state index in [0.717, 1.165) is 6.07 Å². The topological polar surface area (TPSA) is 83.2 Å². The number of amides is 1. The van der Waals surface area contributed by atoms with Gasteiger partial charge in [-0.2, -0.15) is 9.65 Å². The molecule has 1 amide bonds. The molecule has 0 bridgehead atoms. The Kier molecular flexibility index (Phi) is 7.72. The third-order valence-electron chi connectivity index (χ3n) is 6.66. The zero-order valence-electron chi connectivity index (χ0n) is 21.4. The number of ether oxygens (including phenoxy) is 1. The number of carbonyl (C=O) groups is 1. The second kappa shape index (κ2) is 11.4. The summed E-state index contributed by atoms with van der Waals surface area (Å²) in [6, 6.07) is 12.1. The lowest BCUT2D eigenvalue weighted by molar-refractivity contribution is -0.274. The highest BCUT2D eigenvalue weighted by atomic mass is 19.4. The van der Waals surface area contributed by atoms with Crippen LogP contribution in [-0.4, -0.2) is 39.9 Å². The number of fused-ring (bicyclic) bond motifs is 3. The lowest BCUT2D eigenvalue weighted by Crippen LogP contribution is -2.34. The summed E-state index contributed by atoms with van der Waals surface area (Å²) in [4.78, 5) is 18.8. The number of hydrogen-bond acceptors (Lipinski definition) is 5. The summed E-state index contributed by atoms with van der Waals surface area (Å²) >= 11 is 0. The average molecular weight is 568 g/mol. The van der Waals surface area contributed by atoms with Crippen LogP contribution in [0.25, 0.3) is 17.0 Å². The molecular formula is C29H22F5N5O2. The number of hydrogen-bond donors (Lipinski definition) is 1. The fourth-order valence-corrected chi connectivity index (χ4v) is 4.85. The monoisotopic (exact) mass is 567 g/mol. The number of rotatable bonds is 6. The Bertz CT molecular complexity index is 1690. The third-order valence-corrected chi connectivity index (χ3v) is 6.66. The van der Waals surface area contributed by atoms with Crippen LogP contribution >= 0.6 is 0 Å². The maximum absolute atomic E-state index is 13.9. The smallest absolute Gasteiger partial charge is 0.406 e. The van der Waals surface area contributed by atoms with Gasteiger partial charge in [0.1, 0.15) is 17.6 Å². The number of nitrogens with one attached hydrogen (secondary N) is 1. The van der Waals surface area contributed by atoms with Crippen molar-refractivity contribution in [3.8, 4) is 11.8 Å². The van der Waals surface area contributed by atoms with Crippen LogP contribution in [0.2, 0.25) is 0 Å². The highest BCUT2D eigenvalue weighted by Gasteiger charge is 2.32. The quantitative estimate of drug-likeness (QED) is 0.231. The number of carbonyl (C=O) groups excluding carboxylic acids is 1. The lowest BCUT2D eigenvalue weighted by Gasteiger charge is -2.27. The van der Waals surface area contributed by atoms with Gasteiger partial charge in [0.25, 0.3) is 0 Å². The van der Waals surface area contributed by atoms with Crippen LogP contribution in [0.4, 0.5) is 26.7 Å². The van der Waals surface area contributed by atoms with Crippen LogP contribution in [0.15, 0.2) is 60.8 Å². The number of pyridine rings is 1. The van der Waals surface area contributed by atoms with Crippen molar-refractivity contribution in [2.24, 2.45) is 0 Å². The van der Waals surface area contributed by atoms with Crippen molar-refractivity contribution >= 4 is 23.0 Å². The molecule has 12 heteroatoms. The van der Waals surface area contributed by atoms with Crippen LogP contribution < -0.4 is 10.1 Å². The van der Waals surface area contributed by atoms with Crippen molar-refractivity contribution in [2.45, 2.75) is 25.9 Å². The minimum absolute atomic E-state index is 0.0227. The molecule has 4 aromatic rings. The first-order chi connectivity index (χ1) is 19.6. The maximum atomic E-state index is 13.9. The molecule has 0 atom stereocenters. The molecule has 41 heavy (non-hydrogen) atoms. The molecule has 2 aromatic carbocycles. The molecule has 0 saturated carbocycles. The van der Waals surface area contributed by atoms with Crippen LogP contribution in [0.1, 0.15) is 27.9 Å². The highest BCUT2D eigenvalue weighted by Crippen LogP contribution is 2.35. The number of benzene rings is 2. The van der Waals surface area contributed by atoms with E-state index in [-0.39, 0.29) is 12.1 Å². The number of halogens is 5. The van der Waals surface area contributed by atoms with Crippen molar-refractivity contribution in [2.75, 3.05) is 13.1 Å². The van der Waals surface area contributed by atoms with Crippen molar-refractivity contribution in [1.29, 1.82) is 5.26 Å². The predicted octanol–water partition coefficient (Wildman–Crippen LogP) is 5.91. The van der Waals surface area contributed by atoms with E-state index in [1.165, 1.54) is 41.1 Å². The molecule has 210 valence electrons. The third kappa shape index (κ3) is 6.36. The Morgan fingerprint density at radius 3 is 2.71 bits per heavy atom. The fraction of sp³-hybridized carbons (Fsp3) is 0.207. The predicted molar refractivity (Wildman–Crippen MR) is 140 cm³/mol. The average Bonchev–Trinajstić information content (AvgIpc) is 3.24. The van der Waals surface area contributed by atoms with E-state index in [4.69, 9.17) is 5.26 Å². The van der Waals surface area contributed by atoms with E-state index in [9.17, 15) is 26.7 Å². The zero-order chi connectivity index (χ0) is 29.1. The Balaban J connectivity index is 1.41. The van der Waals surface area contributed by atoms with Gasteiger partial charge in [-0.05, 0) is 59.2 Å². The van der Waals surface area contributed by atoms with Crippen molar-refractivity contribution < 1.29 is 31.5 Å². The van der Waals surface area contributed by atoms with Gasteiger partial charge in [-0.15, -0.1) is 13.2 Å². The number of aromatic nitrogens is 2. The molecule has 0 unspecified atom stereocenters. The normalized spacial score (nSPS) is 13.8. The van der Waals surface area contributed by atoms with Gasteiger partial charge in [0, 0.05) is 49.9 Å². The molecule has 1 N–H and O–H groups in total. The van der Waals surface area contributed by atoms with Gasteiger partial charge in [0.2, 0.25) is 5.95 Å². The summed E-state index contributed by atoms with van der Waals surface area (Å²) in [7, 11) is 0. The molecule has 3 heterocycles. The van der Waals surface area contributed by atoms with Crippen LogP contribution in [0, 0.1) is 23.1 Å². The first-order valence-corrected chi connectivity index (χ1v) is 12.5. The van der Waals surface area contributed by atoms with Crippen molar-refractivity contribution in [3.63, 3.8) is 0 Å². The number of nitriles is 1. The lowest BCUT2D eigenvalue weighted by atomic mass is 10.0. The van der Waals surface area contributed by atoms with Gasteiger partial charge in [-0.25, -0.2) is 14.2 Å². The molecule has 0 fully saturated rings. The van der Waals surface area contributed by atoms with Crippen LogP contribution in [-0.2, 0) is 19.5 Å². The molecule has 1 aliphatic heterocycles. The number of alkyl halides is 3. The van der Waals surface area contributed by atoms with E-state index in [2.05, 4.69) is 15.0 Å². The van der Waals surface area contributed by atoms with E-state index in [1.807, 2.05) is 11.0 Å². The Hall–Kier alpha value is -4.76. The van der Waals surface area contributed by atoms with Crippen molar-refractivity contribution in [3.05, 3.63) is 101 Å². The van der Waals surface area contributed by atoms with E-state index >= 15 is 0 Å². The van der Waals surface area contributed by atoms with Crippen LogP contribution in [0.5, 0.6) is 5.75 Å². The molecular weight excluding hydrogens is 545 g/mol. The summed E-state index contributed by atoms with van der Waals surface area (Å²) in [5.74, 6) is -1.71. The molecule has 7 nitrogen and oxygen atoms in total. The minimum Gasteiger partial charge on any atom is -0.406 e. The summed E-state index contributed by atoms with van der Waals surface area (Å²) in [5, 5.41) is 12.1. The van der Waals surface area contributed by atoms with Crippen molar-refractivity contribution in [1.82, 2.24) is 19.8 Å². The summed E-state index contributed by atoms with van der Waals surface area (Å²) in [6.45, 7) is 1.36. The molecule has 2 aromatic heterocycles. The standard InChI is InChI=1S/C29H22F5N5O2/c30-24-12-18(3-4-20(24)15-35)2-1-10-38-11-8-26-23(17-38)22-14-21(41-29(32,33)34)5-6-25(22)39(26)28(40)37-16-19-7-9-36-27(31)13-19/h1-7,9,12-14H,8,10-11,16-17H2,(H,37,40). The first-order valence-electron chi connectivity index (χ1n) is 12.5. The maximum Gasteiger partial charge on any atom is 0.573 e. The van der Waals surface area contributed by atoms with E-state index < -0.39 is 29.9 Å². The fourth-order valence-electron chi connectivity index (χ4n) is 4.85. The first kappa shape index (κ1) is 27.8. The summed E-state index contributed by atoms with van der Waals surface area (Å²) in [6.07, 6.45) is 0.371. The molecule has 0 spiro atoms. The number of nitrogens with zero attached hydrogens (tertiary/aromatic N) is 4. The summed E-state index contributed by atoms with van der Waals surface area (Å²) in [5.41, 5.74) is 2.77. The van der Waals surface area contributed by atoms with Gasteiger partial charge in [0.05, 0.1) is 11.1 Å². The van der Waals surface area contributed by atoms with Gasteiger partial charge in [0.15, 0.2) is 0 Å². The molecule has 0 radical (unpaired) electrons. The Morgan fingerprint density at radius 1 is 1.15 bits per heavy atom. The Labute approximate surface area is 231 Å². The molecule has 1 aliphatic rings. The highest BCUT2D eigenvalue weighted by molar-refractivity contribution is 5.96. The second-order valence-electron chi connectivity index (χ2n) is 9.37. The van der Waals surface area contributed by atoms with E-state index in [1.54, 1.807) is 24.3 Å². The zero-order valence-corrected chi connectivity index (χ0v) is 21.4. The SMILES string of the molecule is N#Cc1ccc(C=CCN2CCc3c(c4cc(OC(F)(F)F)ccc4n3C(=O)NCc3ccnc(F)c3)C2)cc1F. The van der Waals surface area contributed by atoms with Crippen LogP contribution in [0.3, 0.4) is 0 Å². The second-order valence-corrected chi connectivity index (χ2v) is 9.37. The largest absolute Gasteiger partial charge is 0.573 e. The minimum atomic E-state index is -4.88. The van der Waals surface area contributed by atoms with E-state index in [0.29, 0.717) is 59.3 Å². The molecule has 0 saturated heterocycles. The van der Waals surface area contributed by atoms with Gasteiger partial charge in [-0.1, -0.05) is 18.2 Å². The molecule has 0 aliphatic carbocycles. The van der Waals surface area contributed by atoms with Gasteiger partial charge < -0.3 is 10.1 Å². The van der Waals surface area contributed by atoms with Gasteiger partial charge in [-0.3, -0.25) is 9.47 Å².